The minimum atomic E-state index is -0.0932. The summed E-state index contributed by atoms with van der Waals surface area (Å²) in [7, 11) is 0. The standard InChI is InChI=1S/C12H15ClN2O2/c1-8-6-9(7-11(13)14-8)12(16)15-10-2-4-17-5-3-10/h6-7,10H,2-5H2,1H3,(H,15,16). The molecule has 0 atom stereocenters. The lowest BCUT2D eigenvalue weighted by molar-refractivity contribution is 0.0696. The molecule has 1 aromatic heterocycles. The second-order valence-corrected chi connectivity index (χ2v) is 4.57. The fourth-order valence-electron chi connectivity index (χ4n) is 1.87. The molecular weight excluding hydrogens is 240 g/mol. The van der Waals surface area contributed by atoms with Crippen molar-refractivity contribution in [1.82, 2.24) is 10.3 Å². The van der Waals surface area contributed by atoms with E-state index < -0.39 is 0 Å². The van der Waals surface area contributed by atoms with Crippen LogP contribution in [0.2, 0.25) is 5.15 Å². The van der Waals surface area contributed by atoms with Gasteiger partial charge in [-0.2, -0.15) is 0 Å². The Morgan fingerprint density at radius 2 is 2.18 bits per heavy atom. The van der Waals surface area contributed by atoms with Crippen LogP contribution in [0.5, 0.6) is 0 Å². The number of nitrogens with one attached hydrogen (secondary N) is 1. The van der Waals surface area contributed by atoms with Crippen molar-refractivity contribution in [1.29, 1.82) is 0 Å². The summed E-state index contributed by atoms with van der Waals surface area (Å²) in [6, 6.07) is 3.52. The molecule has 17 heavy (non-hydrogen) atoms. The lowest BCUT2D eigenvalue weighted by Crippen LogP contribution is -2.38. The number of nitrogens with zero attached hydrogens (tertiary/aromatic N) is 1. The summed E-state index contributed by atoms with van der Waals surface area (Å²) in [5, 5.41) is 3.33. The van der Waals surface area contributed by atoms with Gasteiger partial charge in [0, 0.05) is 30.5 Å². The first-order valence-electron chi connectivity index (χ1n) is 5.68. The zero-order chi connectivity index (χ0) is 12.3. The zero-order valence-electron chi connectivity index (χ0n) is 9.70. The molecule has 0 aliphatic carbocycles. The Balaban J connectivity index is 2.03. The molecule has 1 aliphatic rings. The first-order chi connectivity index (χ1) is 8.15. The molecule has 0 saturated carbocycles. The Hall–Kier alpha value is -1.13. The van der Waals surface area contributed by atoms with E-state index in [0.29, 0.717) is 23.9 Å². The number of carbonyl (C=O) groups excluding carboxylic acids is 1. The van der Waals surface area contributed by atoms with E-state index >= 15 is 0 Å². The number of ether oxygens (including phenoxy) is 1. The maximum absolute atomic E-state index is 12.0. The summed E-state index contributed by atoms with van der Waals surface area (Å²) < 4.78 is 5.24. The SMILES string of the molecule is Cc1cc(C(=O)NC2CCOCC2)cc(Cl)n1. The van der Waals surface area contributed by atoms with Crippen LogP contribution < -0.4 is 5.32 Å². The molecule has 0 bridgehead atoms. The molecule has 92 valence electrons. The van der Waals surface area contributed by atoms with Gasteiger partial charge in [-0.15, -0.1) is 0 Å². The lowest BCUT2D eigenvalue weighted by Gasteiger charge is -2.23. The van der Waals surface area contributed by atoms with E-state index in [0.717, 1.165) is 18.5 Å². The van der Waals surface area contributed by atoms with E-state index in [-0.39, 0.29) is 11.9 Å². The van der Waals surface area contributed by atoms with Gasteiger partial charge in [-0.3, -0.25) is 4.79 Å². The van der Waals surface area contributed by atoms with Crippen LogP contribution in [0.15, 0.2) is 12.1 Å². The van der Waals surface area contributed by atoms with Crippen LogP contribution >= 0.6 is 11.6 Å². The topological polar surface area (TPSA) is 51.2 Å². The van der Waals surface area contributed by atoms with Crippen LogP contribution in [0.25, 0.3) is 0 Å². The molecule has 0 radical (unpaired) electrons. The molecule has 2 heterocycles. The van der Waals surface area contributed by atoms with E-state index in [1.807, 2.05) is 6.92 Å². The summed E-state index contributed by atoms with van der Waals surface area (Å²) in [6.45, 7) is 3.24. The molecule has 1 aromatic rings. The third kappa shape index (κ3) is 3.41. The van der Waals surface area contributed by atoms with Crippen molar-refractivity contribution in [2.24, 2.45) is 0 Å². The number of hydrogen-bond acceptors (Lipinski definition) is 3. The number of pyridine rings is 1. The molecule has 2 rings (SSSR count). The molecule has 0 aromatic carbocycles. The first kappa shape index (κ1) is 12.3. The summed E-state index contributed by atoms with van der Waals surface area (Å²) >= 11 is 5.83. The highest BCUT2D eigenvalue weighted by atomic mass is 35.5. The van der Waals surface area contributed by atoms with Crippen molar-refractivity contribution < 1.29 is 9.53 Å². The Morgan fingerprint density at radius 1 is 1.47 bits per heavy atom. The van der Waals surface area contributed by atoms with Crippen LogP contribution in [-0.4, -0.2) is 30.1 Å². The minimum absolute atomic E-state index is 0.0932. The van der Waals surface area contributed by atoms with Gasteiger partial charge in [0.25, 0.3) is 5.91 Å². The van der Waals surface area contributed by atoms with Crippen molar-refractivity contribution in [2.75, 3.05) is 13.2 Å². The Bertz CT molecular complexity index is 397. The van der Waals surface area contributed by atoms with Crippen molar-refractivity contribution in [3.63, 3.8) is 0 Å². The van der Waals surface area contributed by atoms with E-state index in [1.54, 1.807) is 12.1 Å². The number of aromatic nitrogens is 1. The van der Waals surface area contributed by atoms with E-state index in [2.05, 4.69) is 10.3 Å². The van der Waals surface area contributed by atoms with Gasteiger partial charge in [-0.25, -0.2) is 4.98 Å². The van der Waals surface area contributed by atoms with Crippen LogP contribution in [0.1, 0.15) is 28.9 Å². The highest BCUT2D eigenvalue weighted by Crippen LogP contribution is 2.12. The number of amides is 1. The van der Waals surface area contributed by atoms with Gasteiger partial charge in [0.1, 0.15) is 5.15 Å². The Labute approximate surface area is 105 Å². The van der Waals surface area contributed by atoms with Crippen molar-refractivity contribution in [2.45, 2.75) is 25.8 Å². The number of hydrogen-bond donors (Lipinski definition) is 1. The average Bonchev–Trinajstić information content (AvgIpc) is 2.29. The van der Waals surface area contributed by atoms with Crippen molar-refractivity contribution in [3.8, 4) is 0 Å². The summed E-state index contributed by atoms with van der Waals surface area (Å²) in [5.41, 5.74) is 1.31. The third-order valence-electron chi connectivity index (χ3n) is 2.74. The second kappa shape index (κ2) is 5.47. The summed E-state index contributed by atoms with van der Waals surface area (Å²) in [5.74, 6) is -0.0932. The van der Waals surface area contributed by atoms with Gasteiger partial charge in [0.15, 0.2) is 0 Å². The van der Waals surface area contributed by atoms with Gasteiger partial charge in [0.05, 0.1) is 0 Å². The molecule has 1 aliphatic heterocycles. The van der Waals surface area contributed by atoms with Gasteiger partial charge < -0.3 is 10.1 Å². The predicted octanol–water partition coefficient (Wildman–Crippen LogP) is 1.95. The summed E-state index contributed by atoms with van der Waals surface area (Å²) in [6.07, 6.45) is 1.73. The minimum Gasteiger partial charge on any atom is -0.381 e. The second-order valence-electron chi connectivity index (χ2n) is 4.18. The molecular formula is C12H15ClN2O2. The highest BCUT2D eigenvalue weighted by molar-refractivity contribution is 6.29. The summed E-state index contributed by atoms with van der Waals surface area (Å²) in [4.78, 5) is 16.0. The molecule has 1 fully saturated rings. The van der Waals surface area contributed by atoms with Crippen LogP contribution in [0.3, 0.4) is 0 Å². The maximum atomic E-state index is 12.0. The molecule has 1 N–H and O–H groups in total. The first-order valence-corrected chi connectivity index (χ1v) is 6.06. The Morgan fingerprint density at radius 3 is 2.82 bits per heavy atom. The molecule has 0 spiro atoms. The van der Waals surface area contributed by atoms with Gasteiger partial charge >= 0.3 is 0 Å². The van der Waals surface area contributed by atoms with Gasteiger partial charge in [-0.05, 0) is 31.9 Å². The number of aryl methyl sites for hydroxylation is 1. The monoisotopic (exact) mass is 254 g/mol. The van der Waals surface area contributed by atoms with Crippen LogP contribution in [0, 0.1) is 6.92 Å². The largest absolute Gasteiger partial charge is 0.381 e. The van der Waals surface area contributed by atoms with E-state index in [4.69, 9.17) is 16.3 Å². The normalized spacial score (nSPS) is 16.8. The smallest absolute Gasteiger partial charge is 0.251 e. The van der Waals surface area contributed by atoms with Crippen LogP contribution in [-0.2, 0) is 4.74 Å². The average molecular weight is 255 g/mol. The molecule has 0 unspecified atom stereocenters. The molecule has 1 saturated heterocycles. The van der Waals surface area contributed by atoms with Gasteiger partial charge in [0.2, 0.25) is 0 Å². The maximum Gasteiger partial charge on any atom is 0.251 e. The Kier molecular flexibility index (Phi) is 3.97. The quantitative estimate of drug-likeness (QED) is 0.821. The zero-order valence-corrected chi connectivity index (χ0v) is 10.5. The van der Waals surface area contributed by atoms with Gasteiger partial charge in [-0.1, -0.05) is 11.6 Å². The van der Waals surface area contributed by atoms with Crippen molar-refractivity contribution >= 4 is 17.5 Å². The molecule has 1 amide bonds. The number of halogens is 1. The molecule has 4 nitrogen and oxygen atoms in total. The third-order valence-corrected chi connectivity index (χ3v) is 2.93. The lowest BCUT2D eigenvalue weighted by atomic mass is 10.1. The van der Waals surface area contributed by atoms with Crippen molar-refractivity contribution in [3.05, 3.63) is 28.5 Å². The number of rotatable bonds is 2. The molecule has 5 heteroatoms. The number of carbonyl (C=O) groups is 1. The fraction of sp³-hybridized carbons (Fsp3) is 0.500. The van der Waals surface area contributed by atoms with E-state index in [9.17, 15) is 4.79 Å². The highest BCUT2D eigenvalue weighted by Gasteiger charge is 2.17. The van der Waals surface area contributed by atoms with E-state index in [1.165, 1.54) is 0 Å². The fourth-order valence-corrected chi connectivity index (χ4v) is 2.12. The predicted molar refractivity (Wildman–Crippen MR) is 65.3 cm³/mol. The van der Waals surface area contributed by atoms with Crippen LogP contribution in [0.4, 0.5) is 0 Å².